The monoisotopic (exact) mass is 428 g/mol. The lowest BCUT2D eigenvalue weighted by atomic mass is 9.88. The van der Waals surface area contributed by atoms with Crippen molar-refractivity contribution in [3.05, 3.63) is 49.9 Å². The maximum Gasteiger partial charge on any atom is 0.270 e. The molecule has 3 N–H and O–H groups in total. The fourth-order valence-corrected chi connectivity index (χ4v) is 5.73. The van der Waals surface area contributed by atoms with E-state index in [1.165, 1.54) is 23.5 Å². The van der Waals surface area contributed by atoms with Crippen molar-refractivity contribution in [2.24, 2.45) is 11.7 Å². The maximum absolute atomic E-state index is 13.2. The topological polar surface area (TPSA) is 119 Å². The number of benzene rings is 1. The van der Waals surface area contributed by atoms with Gasteiger partial charge in [-0.3, -0.25) is 19.7 Å². The van der Waals surface area contributed by atoms with Crippen LogP contribution in [0.2, 0.25) is 0 Å². The molecule has 158 valence electrons. The number of hydrogen-bond donors (Lipinski definition) is 2. The first kappa shape index (κ1) is 20.3. The predicted octanol–water partition coefficient (Wildman–Crippen LogP) is 3.73. The average Bonchev–Trinajstić information content (AvgIpc) is 3.34. The molecule has 0 bridgehead atoms. The second kappa shape index (κ2) is 8.06. The number of non-ortho nitro benzene ring substituents is 1. The van der Waals surface area contributed by atoms with Gasteiger partial charge in [-0.05, 0) is 49.7 Å². The van der Waals surface area contributed by atoms with E-state index in [2.05, 4.69) is 17.1 Å². The maximum atomic E-state index is 13.2. The fourth-order valence-electron chi connectivity index (χ4n) is 4.32. The highest BCUT2D eigenvalue weighted by molar-refractivity contribution is 7.17. The van der Waals surface area contributed by atoms with Gasteiger partial charge in [0.15, 0.2) is 0 Å². The molecular weight excluding hydrogens is 404 g/mol. The zero-order chi connectivity index (χ0) is 21.4. The zero-order valence-electron chi connectivity index (χ0n) is 16.8. The molecule has 0 radical (unpaired) electrons. The summed E-state index contributed by atoms with van der Waals surface area (Å²) < 4.78 is 0. The minimum Gasteiger partial charge on any atom is -0.371 e. The molecule has 8 nitrogen and oxygen atoms in total. The summed E-state index contributed by atoms with van der Waals surface area (Å²) in [6.45, 7) is 3.77. The van der Waals surface area contributed by atoms with Crippen LogP contribution >= 0.6 is 11.3 Å². The number of nitrogens with two attached hydrogens (primary N) is 1. The van der Waals surface area contributed by atoms with Crippen molar-refractivity contribution in [1.29, 1.82) is 0 Å². The SMILES string of the molecule is CC1CCc2c(sc(NC(=O)c3cc([N+](=O)[O-])ccc3N3CCCC3)c2C(N)=O)C1. The summed E-state index contributed by atoms with van der Waals surface area (Å²) in [7, 11) is 0. The number of nitrogens with zero attached hydrogens (tertiary/aromatic N) is 2. The number of nitrogens with one attached hydrogen (secondary N) is 1. The third-order valence-corrected chi connectivity index (χ3v) is 7.04. The lowest BCUT2D eigenvalue weighted by molar-refractivity contribution is -0.384. The van der Waals surface area contributed by atoms with Gasteiger partial charge in [0.25, 0.3) is 17.5 Å². The van der Waals surface area contributed by atoms with Crippen molar-refractivity contribution in [3.63, 3.8) is 0 Å². The Bertz CT molecular complexity index is 1030. The van der Waals surface area contributed by atoms with Crippen molar-refractivity contribution in [2.75, 3.05) is 23.3 Å². The second-order valence-electron chi connectivity index (χ2n) is 8.03. The molecule has 1 atom stereocenters. The van der Waals surface area contributed by atoms with Gasteiger partial charge < -0.3 is 16.0 Å². The van der Waals surface area contributed by atoms with Gasteiger partial charge in [0.2, 0.25) is 0 Å². The number of nitro groups is 1. The third kappa shape index (κ3) is 3.77. The van der Waals surface area contributed by atoms with Crippen LogP contribution in [-0.4, -0.2) is 29.8 Å². The first-order valence-corrected chi connectivity index (χ1v) is 11.0. The number of fused-ring (bicyclic) bond motifs is 1. The van der Waals surface area contributed by atoms with E-state index >= 15 is 0 Å². The number of anilines is 2. The first-order chi connectivity index (χ1) is 14.3. The van der Waals surface area contributed by atoms with E-state index in [9.17, 15) is 19.7 Å². The Morgan fingerprint density at radius 1 is 1.30 bits per heavy atom. The lowest BCUT2D eigenvalue weighted by Crippen LogP contribution is -2.24. The normalized spacial score (nSPS) is 18.2. The van der Waals surface area contributed by atoms with Gasteiger partial charge in [-0.25, -0.2) is 0 Å². The standard InChI is InChI=1S/C21H24N4O4S/c1-12-4-6-14-17(10-12)30-21(18(14)19(22)26)23-20(27)15-11-13(25(28)29)5-7-16(15)24-8-2-3-9-24/h5,7,11-12H,2-4,6,8-10H2,1H3,(H2,22,26)(H,23,27). The Kier molecular flexibility index (Phi) is 5.46. The van der Waals surface area contributed by atoms with Gasteiger partial charge in [-0.15, -0.1) is 11.3 Å². The Morgan fingerprint density at radius 2 is 2.03 bits per heavy atom. The molecule has 4 rings (SSSR count). The number of primary amides is 1. The summed E-state index contributed by atoms with van der Waals surface area (Å²) >= 11 is 1.39. The molecule has 0 saturated carbocycles. The molecule has 2 aromatic rings. The van der Waals surface area contributed by atoms with E-state index in [-0.39, 0.29) is 11.3 Å². The molecule has 2 aliphatic rings. The molecule has 9 heteroatoms. The quantitative estimate of drug-likeness (QED) is 0.556. The molecule has 30 heavy (non-hydrogen) atoms. The van der Waals surface area contributed by atoms with Gasteiger partial charge in [0.1, 0.15) is 5.00 Å². The van der Waals surface area contributed by atoms with Crippen molar-refractivity contribution < 1.29 is 14.5 Å². The molecule has 1 fully saturated rings. The molecule has 1 aromatic carbocycles. The van der Waals surface area contributed by atoms with Crippen molar-refractivity contribution >= 4 is 39.5 Å². The van der Waals surface area contributed by atoms with Gasteiger partial charge in [0, 0.05) is 30.1 Å². The van der Waals surface area contributed by atoms with Crippen molar-refractivity contribution in [1.82, 2.24) is 0 Å². The number of hydrogen-bond acceptors (Lipinski definition) is 6. The van der Waals surface area contributed by atoms with E-state index in [0.717, 1.165) is 55.6 Å². The summed E-state index contributed by atoms with van der Waals surface area (Å²) in [5.41, 5.74) is 7.72. The summed E-state index contributed by atoms with van der Waals surface area (Å²) in [5, 5.41) is 14.5. The van der Waals surface area contributed by atoms with E-state index in [4.69, 9.17) is 5.73 Å². The largest absolute Gasteiger partial charge is 0.371 e. The molecule has 1 aromatic heterocycles. The van der Waals surface area contributed by atoms with E-state index in [0.29, 0.717) is 22.2 Å². The van der Waals surface area contributed by atoms with Gasteiger partial charge in [0.05, 0.1) is 21.7 Å². The fraction of sp³-hybridized carbons (Fsp3) is 0.429. The number of carbonyl (C=O) groups is 2. The van der Waals surface area contributed by atoms with Crippen LogP contribution in [0.1, 0.15) is 57.3 Å². The zero-order valence-corrected chi connectivity index (χ0v) is 17.6. The van der Waals surface area contributed by atoms with Crippen LogP contribution in [0.3, 0.4) is 0 Å². The summed E-state index contributed by atoms with van der Waals surface area (Å²) in [6, 6.07) is 4.36. The van der Waals surface area contributed by atoms with Crippen LogP contribution in [0.4, 0.5) is 16.4 Å². The van der Waals surface area contributed by atoms with Gasteiger partial charge in [-0.1, -0.05) is 6.92 Å². The highest BCUT2D eigenvalue weighted by Crippen LogP contribution is 2.40. The molecule has 1 aliphatic heterocycles. The minimum atomic E-state index is -0.559. The number of rotatable bonds is 5. The van der Waals surface area contributed by atoms with Crippen molar-refractivity contribution in [3.8, 4) is 0 Å². The highest BCUT2D eigenvalue weighted by Gasteiger charge is 2.29. The van der Waals surface area contributed by atoms with Crippen LogP contribution in [0.25, 0.3) is 0 Å². The number of thiophene rings is 1. The molecule has 0 spiro atoms. The highest BCUT2D eigenvalue weighted by atomic mass is 32.1. The molecule has 2 amide bonds. The molecule has 1 unspecified atom stereocenters. The van der Waals surface area contributed by atoms with Gasteiger partial charge in [-0.2, -0.15) is 0 Å². The van der Waals surface area contributed by atoms with Gasteiger partial charge >= 0.3 is 0 Å². The van der Waals surface area contributed by atoms with Crippen LogP contribution in [-0.2, 0) is 12.8 Å². The smallest absolute Gasteiger partial charge is 0.270 e. The lowest BCUT2D eigenvalue weighted by Gasteiger charge is -2.20. The minimum absolute atomic E-state index is 0.141. The number of nitro benzene ring substituents is 1. The third-order valence-electron chi connectivity index (χ3n) is 5.87. The Hall–Kier alpha value is -2.94. The second-order valence-corrected chi connectivity index (χ2v) is 9.13. The predicted molar refractivity (Wildman–Crippen MR) is 117 cm³/mol. The Balaban J connectivity index is 1.71. The first-order valence-electron chi connectivity index (χ1n) is 10.1. The molecule has 2 heterocycles. The van der Waals surface area contributed by atoms with Crippen LogP contribution in [0.5, 0.6) is 0 Å². The molecule has 1 aliphatic carbocycles. The molecule has 1 saturated heterocycles. The summed E-state index contributed by atoms with van der Waals surface area (Å²) in [6.07, 6.45) is 4.61. The summed E-state index contributed by atoms with van der Waals surface area (Å²) in [5.74, 6) is -0.509. The van der Waals surface area contributed by atoms with Crippen LogP contribution in [0.15, 0.2) is 18.2 Å². The summed E-state index contributed by atoms with van der Waals surface area (Å²) in [4.78, 5) is 39.3. The van der Waals surface area contributed by atoms with E-state index in [1.807, 2.05) is 0 Å². The number of carbonyl (C=O) groups excluding carboxylic acids is 2. The van der Waals surface area contributed by atoms with Crippen molar-refractivity contribution in [2.45, 2.75) is 39.0 Å². The Morgan fingerprint density at radius 3 is 2.70 bits per heavy atom. The molecular formula is C21H24N4O4S. The van der Waals surface area contributed by atoms with Crippen LogP contribution in [0, 0.1) is 16.0 Å². The average molecular weight is 429 g/mol. The van der Waals surface area contributed by atoms with Crippen LogP contribution < -0.4 is 16.0 Å². The van der Waals surface area contributed by atoms with E-state index in [1.54, 1.807) is 6.07 Å². The van der Waals surface area contributed by atoms with E-state index < -0.39 is 16.7 Å². The Labute approximate surface area is 178 Å². The number of amides is 2.